The zero-order valence-electron chi connectivity index (χ0n) is 21.6. The number of aromatic amines is 1. The van der Waals surface area contributed by atoms with Crippen LogP contribution in [0.4, 0.5) is 4.39 Å². The number of rotatable bonds is 7. The molecule has 3 heterocycles. The number of H-pyrrole nitrogens is 1. The molecule has 2 aliphatic heterocycles. The Morgan fingerprint density at radius 3 is 2.57 bits per heavy atom. The first-order valence-corrected chi connectivity index (χ1v) is 14.3. The van der Waals surface area contributed by atoms with E-state index in [-0.39, 0.29) is 23.9 Å². The van der Waals surface area contributed by atoms with Crippen LogP contribution in [0.2, 0.25) is 5.02 Å². The number of likely N-dealkylation sites (tertiary alicyclic amines) is 1. The van der Waals surface area contributed by atoms with Gasteiger partial charge in [0.15, 0.2) is 11.5 Å². The van der Waals surface area contributed by atoms with Crippen LogP contribution in [0, 0.1) is 19.8 Å². The fourth-order valence-electron chi connectivity index (χ4n) is 5.36. The highest BCUT2D eigenvalue weighted by Gasteiger charge is 2.49. The lowest BCUT2D eigenvalue weighted by molar-refractivity contribution is -0.125. The standard InChI is InChI=1S/C27H33ClFN3O4S/c1-15-11-21(37-4)19(25(34)31-15)13-30-24(33)18-12-20(28)23-22(16(18)2)35-26(3,36-23)17-5-9-32(10-6-17)14-27(29)7-8-27/h11-12,17H,5-10,13-14H2,1-4H3,(H,30,33)(H,31,34)/t26-/m0/s1. The first kappa shape index (κ1) is 26.4. The number of thioether (sulfide) groups is 1. The summed E-state index contributed by atoms with van der Waals surface area (Å²) in [6.45, 7) is 7.74. The van der Waals surface area contributed by atoms with Crippen molar-refractivity contribution < 1.29 is 18.7 Å². The predicted octanol–water partition coefficient (Wildman–Crippen LogP) is 5.00. The number of pyridine rings is 1. The third-order valence-corrected chi connectivity index (χ3v) is 8.88. The van der Waals surface area contributed by atoms with Crippen LogP contribution in [-0.2, 0) is 6.54 Å². The van der Waals surface area contributed by atoms with Crippen molar-refractivity contribution >= 4 is 29.3 Å². The van der Waals surface area contributed by atoms with Crippen LogP contribution < -0.4 is 20.3 Å². The zero-order valence-corrected chi connectivity index (χ0v) is 23.2. The van der Waals surface area contributed by atoms with Gasteiger partial charge in [-0.25, -0.2) is 4.39 Å². The van der Waals surface area contributed by atoms with Crippen LogP contribution in [0.3, 0.4) is 0 Å². The summed E-state index contributed by atoms with van der Waals surface area (Å²) >= 11 is 8.04. The van der Waals surface area contributed by atoms with Crippen molar-refractivity contribution in [3.8, 4) is 11.5 Å². The average Bonchev–Trinajstić information content (AvgIpc) is 3.45. The molecule has 1 atom stereocenters. The van der Waals surface area contributed by atoms with Gasteiger partial charge in [-0.1, -0.05) is 11.6 Å². The van der Waals surface area contributed by atoms with E-state index in [1.165, 1.54) is 11.8 Å². The molecule has 1 saturated carbocycles. The van der Waals surface area contributed by atoms with Gasteiger partial charge in [-0.3, -0.25) is 9.59 Å². The molecule has 7 nitrogen and oxygen atoms in total. The lowest BCUT2D eigenvalue weighted by Gasteiger charge is -2.39. The first-order valence-electron chi connectivity index (χ1n) is 12.7. The Labute approximate surface area is 225 Å². The number of fused-ring (bicyclic) bond motifs is 1. The second kappa shape index (κ2) is 9.82. The minimum absolute atomic E-state index is 0.0899. The van der Waals surface area contributed by atoms with E-state index >= 15 is 0 Å². The number of carbonyl (C=O) groups excluding carboxylic acids is 1. The number of aryl methyl sites for hydroxylation is 1. The Hall–Kier alpha value is -2.23. The van der Waals surface area contributed by atoms with Crippen LogP contribution in [0.25, 0.3) is 0 Å². The predicted molar refractivity (Wildman–Crippen MR) is 143 cm³/mol. The van der Waals surface area contributed by atoms with E-state index in [0.717, 1.165) is 36.5 Å². The molecule has 0 radical (unpaired) electrons. The molecule has 10 heteroatoms. The van der Waals surface area contributed by atoms with Crippen molar-refractivity contribution in [1.82, 2.24) is 15.2 Å². The molecule has 3 aliphatic rings. The zero-order chi connectivity index (χ0) is 26.5. The minimum atomic E-state index is -0.987. The van der Waals surface area contributed by atoms with E-state index in [0.29, 0.717) is 52.6 Å². The van der Waals surface area contributed by atoms with Crippen molar-refractivity contribution in [2.75, 3.05) is 25.9 Å². The molecule has 0 unspecified atom stereocenters. The highest BCUT2D eigenvalue weighted by Crippen LogP contribution is 2.51. The van der Waals surface area contributed by atoms with Crippen molar-refractivity contribution in [2.45, 2.75) is 69.4 Å². The smallest absolute Gasteiger partial charge is 0.254 e. The van der Waals surface area contributed by atoms with E-state index in [1.54, 1.807) is 6.07 Å². The van der Waals surface area contributed by atoms with Crippen LogP contribution in [0.5, 0.6) is 11.5 Å². The third-order valence-electron chi connectivity index (χ3n) is 7.80. The number of hydrogen-bond donors (Lipinski definition) is 2. The fourth-order valence-corrected chi connectivity index (χ4v) is 6.30. The summed E-state index contributed by atoms with van der Waals surface area (Å²) in [5.41, 5.74) is 1.08. The third kappa shape index (κ3) is 5.22. The number of ether oxygens (including phenoxy) is 2. The molecule has 5 rings (SSSR count). The molecule has 1 aromatic carbocycles. The summed E-state index contributed by atoms with van der Waals surface area (Å²) in [7, 11) is 0. The summed E-state index contributed by atoms with van der Waals surface area (Å²) in [6, 6.07) is 3.48. The maximum Gasteiger partial charge on any atom is 0.254 e. The molecule has 2 fully saturated rings. The van der Waals surface area contributed by atoms with Gasteiger partial charge >= 0.3 is 0 Å². The molecule has 37 heavy (non-hydrogen) atoms. The van der Waals surface area contributed by atoms with Crippen molar-refractivity contribution in [3.63, 3.8) is 0 Å². The normalized spacial score (nSPS) is 22.8. The van der Waals surface area contributed by atoms with Gasteiger partial charge in [-0.05, 0) is 71.0 Å². The van der Waals surface area contributed by atoms with E-state index in [9.17, 15) is 14.0 Å². The van der Waals surface area contributed by atoms with Gasteiger partial charge in [-0.2, -0.15) is 0 Å². The topological polar surface area (TPSA) is 83.7 Å². The van der Waals surface area contributed by atoms with Crippen LogP contribution in [-0.4, -0.2) is 53.1 Å². The molecule has 1 amide bonds. The molecule has 1 aliphatic carbocycles. The van der Waals surface area contributed by atoms with Crippen molar-refractivity contribution in [2.24, 2.45) is 5.92 Å². The van der Waals surface area contributed by atoms with Crippen LogP contribution in [0.1, 0.15) is 59.8 Å². The minimum Gasteiger partial charge on any atom is -0.448 e. The van der Waals surface area contributed by atoms with Gasteiger partial charge < -0.3 is 24.7 Å². The number of alkyl halides is 1. The first-order chi connectivity index (χ1) is 17.5. The summed E-state index contributed by atoms with van der Waals surface area (Å²) < 4.78 is 26.9. The van der Waals surface area contributed by atoms with Gasteiger partial charge in [-0.15, -0.1) is 11.8 Å². The van der Waals surface area contributed by atoms with Gasteiger partial charge in [0.05, 0.1) is 5.02 Å². The lowest BCUT2D eigenvalue weighted by atomic mass is 9.89. The Kier molecular flexibility index (Phi) is 7.00. The SMILES string of the molecule is CSc1cc(C)[nH]c(=O)c1CNC(=O)c1cc(Cl)c2c(c1C)O[C@](C)(C1CCN(CC3(F)CC3)CC1)O2. The van der Waals surface area contributed by atoms with Crippen LogP contribution in [0.15, 0.2) is 21.8 Å². The quantitative estimate of drug-likeness (QED) is 0.473. The fraction of sp³-hybridized carbons (Fsp3) is 0.556. The number of nitrogens with one attached hydrogen (secondary N) is 2. The highest BCUT2D eigenvalue weighted by atomic mass is 35.5. The summed E-state index contributed by atoms with van der Waals surface area (Å²) in [6.07, 6.45) is 4.88. The molecule has 2 aromatic rings. The summed E-state index contributed by atoms with van der Waals surface area (Å²) in [5, 5.41) is 3.16. The lowest BCUT2D eigenvalue weighted by Crippen LogP contribution is -2.49. The number of amides is 1. The molecule has 2 N–H and O–H groups in total. The highest BCUT2D eigenvalue weighted by molar-refractivity contribution is 7.98. The number of nitrogens with zero attached hydrogens (tertiary/aromatic N) is 1. The van der Waals surface area contributed by atoms with Crippen molar-refractivity contribution in [1.29, 1.82) is 0 Å². The van der Waals surface area contributed by atoms with E-state index in [1.807, 2.05) is 33.1 Å². The maximum atomic E-state index is 14.2. The number of piperidine rings is 1. The Balaban J connectivity index is 1.29. The second-order valence-electron chi connectivity index (χ2n) is 10.6. The number of benzene rings is 1. The monoisotopic (exact) mass is 549 g/mol. The summed E-state index contributed by atoms with van der Waals surface area (Å²) in [5.74, 6) is -0.230. The van der Waals surface area contributed by atoms with Gasteiger partial charge in [0.2, 0.25) is 0 Å². The van der Waals surface area contributed by atoms with Gasteiger partial charge in [0.25, 0.3) is 17.3 Å². The number of hydrogen-bond acceptors (Lipinski definition) is 6. The number of aromatic nitrogens is 1. The van der Waals surface area contributed by atoms with Crippen molar-refractivity contribution in [3.05, 3.63) is 49.9 Å². The Morgan fingerprint density at radius 1 is 1.24 bits per heavy atom. The van der Waals surface area contributed by atoms with Gasteiger partial charge in [0.1, 0.15) is 5.67 Å². The van der Waals surface area contributed by atoms with Crippen LogP contribution >= 0.6 is 23.4 Å². The maximum absolute atomic E-state index is 14.2. The van der Waals surface area contributed by atoms with Gasteiger partial charge in [0, 0.05) is 53.2 Å². The molecule has 1 aromatic heterocycles. The van der Waals surface area contributed by atoms with E-state index in [2.05, 4.69) is 15.2 Å². The largest absolute Gasteiger partial charge is 0.448 e. The van der Waals surface area contributed by atoms with E-state index in [4.69, 9.17) is 21.1 Å². The Morgan fingerprint density at radius 2 is 1.92 bits per heavy atom. The summed E-state index contributed by atoms with van der Waals surface area (Å²) in [4.78, 5) is 31.4. The van der Waals surface area contributed by atoms with E-state index < -0.39 is 11.5 Å². The molecule has 0 bridgehead atoms. The number of carbonyl (C=O) groups is 1. The second-order valence-corrected chi connectivity index (χ2v) is 11.9. The average molecular weight is 550 g/mol. The molecular weight excluding hydrogens is 517 g/mol. The molecular formula is C27H33ClFN3O4S. The molecule has 200 valence electrons. The molecule has 0 spiro atoms. The Bertz CT molecular complexity index is 1290. The molecule has 1 saturated heterocycles. The number of halogens is 2.